The number of aldehydes is 1. The van der Waals surface area contributed by atoms with E-state index in [4.69, 9.17) is 20.4 Å². The summed E-state index contributed by atoms with van der Waals surface area (Å²) in [6, 6.07) is 0. The van der Waals surface area contributed by atoms with E-state index in [0.29, 0.717) is 0 Å². The Hall–Kier alpha value is 0.240. The maximum absolute atomic E-state index is 10.1. The van der Waals surface area contributed by atoms with Crippen LogP contribution in [0.2, 0.25) is 0 Å². The largest absolute Gasteiger partial charge is 0.394 e. The molecular formula is C6H11IO5. The average molecular weight is 286 g/mol. The quantitative estimate of drug-likeness (QED) is 0.268. The highest BCUT2D eigenvalue weighted by Gasteiger charge is 2.28. The SMILES string of the molecule is O=C[C@H](O)[C@@H]([123I])[C@H](O)[C@H](O)CO. The van der Waals surface area contributed by atoms with Gasteiger partial charge in [0, 0.05) is 0 Å². The first-order valence-electron chi connectivity index (χ1n) is 3.29. The molecule has 0 rings (SSSR count). The molecular weight excluding hydrogens is 275 g/mol. The number of rotatable bonds is 5. The predicted octanol–water partition coefficient (Wildman–Crippen LogP) is -1.94. The molecule has 0 aliphatic heterocycles. The molecule has 4 N–H and O–H groups in total. The van der Waals surface area contributed by atoms with Crippen LogP contribution in [0.4, 0.5) is 0 Å². The predicted molar refractivity (Wildman–Crippen MR) is 49.0 cm³/mol. The number of halogens is 1. The minimum Gasteiger partial charge on any atom is -0.394 e. The second-order valence-corrected chi connectivity index (χ2v) is 3.75. The normalized spacial score (nSPS) is 21.1. The minimum atomic E-state index is -1.33. The first-order valence-corrected chi connectivity index (χ1v) is 4.53. The maximum atomic E-state index is 10.1. The van der Waals surface area contributed by atoms with Crippen LogP contribution < -0.4 is 0 Å². The summed E-state index contributed by atoms with van der Waals surface area (Å²) >= 11 is 1.63. The van der Waals surface area contributed by atoms with Gasteiger partial charge in [-0.25, -0.2) is 0 Å². The molecule has 0 aliphatic carbocycles. The Morgan fingerprint density at radius 2 is 1.83 bits per heavy atom. The zero-order valence-corrected chi connectivity index (χ0v) is 8.33. The van der Waals surface area contributed by atoms with Crippen molar-refractivity contribution in [1.29, 1.82) is 0 Å². The Balaban J connectivity index is 4.07. The van der Waals surface area contributed by atoms with E-state index in [1.807, 2.05) is 0 Å². The van der Waals surface area contributed by atoms with Crippen molar-refractivity contribution in [3.05, 3.63) is 0 Å². The van der Waals surface area contributed by atoms with Crippen LogP contribution in [0.25, 0.3) is 0 Å². The molecule has 0 aliphatic rings. The molecule has 0 fully saturated rings. The van der Waals surface area contributed by atoms with Gasteiger partial charge in [0.25, 0.3) is 0 Å². The van der Waals surface area contributed by atoms with Crippen molar-refractivity contribution in [2.75, 3.05) is 6.61 Å². The van der Waals surface area contributed by atoms with Crippen molar-refractivity contribution < 1.29 is 25.2 Å². The zero-order valence-electron chi connectivity index (χ0n) is 6.17. The molecule has 0 saturated heterocycles. The molecule has 4 atom stereocenters. The average Bonchev–Trinajstić information content (AvgIpc) is 2.12. The topological polar surface area (TPSA) is 98.0 Å². The second-order valence-electron chi connectivity index (χ2n) is 2.31. The summed E-state index contributed by atoms with van der Waals surface area (Å²) < 4.78 is -0.817. The molecule has 0 radical (unpaired) electrons. The Morgan fingerprint density at radius 3 is 2.17 bits per heavy atom. The van der Waals surface area contributed by atoms with Gasteiger partial charge in [-0.2, -0.15) is 0 Å². The van der Waals surface area contributed by atoms with Gasteiger partial charge in [-0.05, 0) is 0 Å². The lowest BCUT2D eigenvalue weighted by Crippen LogP contribution is -2.42. The molecule has 6 heteroatoms. The third-order valence-corrected chi connectivity index (χ3v) is 2.85. The Labute approximate surface area is 83.2 Å². The summed E-state index contributed by atoms with van der Waals surface area (Å²) in [7, 11) is 0. The molecule has 72 valence electrons. The number of alkyl halides is 1. The van der Waals surface area contributed by atoms with Gasteiger partial charge in [-0.1, -0.05) is 22.6 Å². The van der Waals surface area contributed by atoms with E-state index in [9.17, 15) is 4.79 Å². The first kappa shape index (κ1) is 12.2. The third-order valence-electron chi connectivity index (χ3n) is 1.37. The number of hydrogen-bond donors (Lipinski definition) is 4. The van der Waals surface area contributed by atoms with Crippen LogP contribution in [0.1, 0.15) is 0 Å². The van der Waals surface area contributed by atoms with Crippen LogP contribution in [0, 0.1) is 0 Å². The van der Waals surface area contributed by atoms with Gasteiger partial charge in [-0.15, -0.1) is 0 Å². The van der Waals surface area contributed by atoms with E-state index in [2.05, 4.69) is 0 Å². The Bertz CT molecular complexity index is 142. The summed E-state index contributed by atoms with van der Waals surface area (Å²) in [6.07, 6.45) is -3.70. The van der Waals surface area contributed by atoms with Crippen LogP contribution in [-0.4, -0.2) is 55.6 Å². The van der Waals surface area contributed by atoms with E-state index in [1.54, 1.807) is 22.6 Å². The summed E-state index contributed by atoms with van der Waals surface area (Å²) in [5, 5.41) is 35.4. The number of hydrogen-bond acceptors (Lipinski definition) is 5. The first-order chi connectivity index (χ1) is 5.54. The molecule has 0 amide bonds. The summed E-state index contributed by atoms with van der Waals surface area (Å²) in [6.45, 7) is -0.605. The van der Waals surface area contributed by atoms with Gasteiger partial charge in [-0.3, -0.25) is 0 Å². The highest BCUT2D eigenvalue weighted by Crippen LogP contribution is 2.13. The third kappa shape index (κ3) is 3.31. The summed E-state index contributed by atoms with van der Waals surface area (Å²) in [4.78, 5) is 10.1. The summed E-state index contributed by atoms with van der Waals surface area (Å²) in [5.74, 6) is 0. The fraction of sp³-hybridized carbons (Fsp3) is 0.833. The van der Waals surface area contributed by atoms with Crippen molar-refractivity contribution in [2.45, 2.75) is 22.2 Å². The minimum absolute atomic E-state index is 0.268. The maximum Gasteiger partial charge on any atom is 0.149 e. The molecule has 5 nitrogen and oxygen atoms in total. The molecule has 0 aromatic carbocycles. The molecule has 0 saturated carbocycles. The molecule has 0 bridgehead atoms. The molecule has 0 unspecified atom stereocenters. The number of aliphatic hydroxyl groups excluding tert-OH is 4. The van der Waals surface area contributed by atoms with Crippen molar-refractivity contribution in [2.24, 2.45) is 0 Å². The second kappa shape index (κ2) is 5.81. The van der Waals surface area contributed by atoms with Gasteiger partial charge in [0.15, 0.2) is 0 Å². The van der Waals surface area contributed by atoms with Gasteiger partial charge in [0.2, 0.25) is 0 Å². The number of aliphatic hydroxyl groups is 4. The Morgan fingerprint density at radius 1 is 1.33 bits per heavy atom. The fourth-order valence-corrected chi connectivity index (χ4v) is 1.25. The van der Waals surface area contributed by atoms with Crippen molar-refractivity contribution in [1.82, 2.24) is 0 Å². The highest BCUT2D eigenvalue weighted by atomic mass is 123. The summed E-state index contributed by atoms with van der Waals surface area (Å²) in [5.41, 5.74) is 0. The standard InChI is InChI=1S/C6H11IO5/c7-5(3(10)1-8)6(12)4(11)2-9/h1,3-6,9-12H,2H2/t3-,4+,5+,6+/m0/s1/i7-4. The van der Waals surface area contributed by atoms with Crippen molar-refractivity contribution in [3.63, 3.8) is 0 Å². The lowest BCUT2D eigenvalue weighted by molar-refractivity contribution is -0.116. The highest BCUT2D eigenvalue weighted by molar-refractivity contribution is 14.1. The van der Waals surface area contributed by atoms with Crippen LogP contribution in [-0.2, 0) is 4.79 Å². The molecule has 0 aromatic heterocycles. The molecule has 12 heavy (non-hydrogen) atoms. The number of carbonyl (C=O) groups is 1. The van der Waals surface area contributed by atoms with Crippen LogP contribution in [0.3, 0.4) is 0 Å². The van der Waals surface area contributed by atoms with Crippen molar-refractivity contribution in [3.8, 4) is 0 Å². The van der Waals surface area contributed by atoms with E-state index in [1.165, 1.54) is 0 Å². The van der Waals surface area contributed by atoms with E-state index < -0.39 is 28.8 Å². The zero-order chi connectivity index (χ0) is 9.72. The van der Waals surface area contributed by atoms with Gasteiger partial charge in [0.05, 0.1) is 16.6 Å². The van der Waals surface area contributed by atoms with Gasteiger partial charge < -0.3 is 25.2 Å². The van der Waals surface area contributed by atoms with Gasteiger partial charge in [0.1, 0.15) is 18.5 Å². The van der Waals surface area contributed by atoms with Crippen molar-refractivity contribution >= 4 is 28.9 Å². The molecule has 0 heterocycles. The van der Waals surface area contributed by atoms with Crippen LogP contribution in [0.5, 0.6) is 0 Å². The van der Waals surface area contributed by atoms with Gasteiger partial charge >= 0.3 is 0 Å². The lowest BCUT2D eigenvalue weighted by Gasteiger charge is -2.22. The smallest absolute Gasteiger partial charge is 0.149 e. The number of carbonyl (C=O) groups excluding carboxylic acids is 1. The van der Waals surface area contributed by atoms with Crippen LogP contribution in [0.15, 0.2) is 0 Å². The van der Waals surface area contributed by atoms with E-state index >= 15 is 0 Å². The lowest BCUT2D eigenvalue weighted by atomic mass is 10.1. The molecule has 0 aromatic rings. The Kier molecular flexibility index (Phi) is 5.93. The van der Waals surface area contributed by atoms with Crippen LogP contribution >= 0.6 is 22.6 Å². The van der Waals surface area contributed by atoms with E-state index in [0.717, 1.165) is 0 Å². The van der Waals surface area contributed by atoms with E-state index in [-0.39, 0.29) is 6.29 Å². The molecule has 0 spiro atoms. The monoisotopic (exact) mass is 286 g/mol. The fourth-order valence-electron chi connectivity index (χ4n) is 0.597.